The number of carbonyl (C=O) groups excluding carboxylic acids is 1. The highest BCUT2D eigenvalue weighted by Crippen LogP contribution is 2.11. The first-order valence-corrected chi connectivity index (χ1v) is 7.52. The third-order valence-electron chi connectivity index (χ3n) is 3.83. The van der Waals surface area contributed by atoms with E-state index in [1.807, 2.05) is 35.2 Å². The lowest BCUT2D eigenvalue weighted by molar-refractivity contribution is -0.132. The third-order valence-corrected chi connectivity index (χ3v) is 3.83. The van der Waals surface area contributed by atoms with Crippen molar-refractivity contribution in [2.24, 2.45) is 0 Å². The van der Waals surface area contributed by atoms with E-state index in [1.54, 1.807) is 0 Å². The highest BCUT2D eigenvalue weighted by atomic mass is 16.2. The van der Waals surface area contributed by atoms with Gasteiger partial charge in [-0.3, -0.25) is 4.79 Å². The van der Waals surface area contributed by atoms with E-state index in [0.29, 0.717) is 5.82 Å². The van der Waals surface area contributed by atoms with Crippen molar-refractivity contribution < 1.29 is 4.79 Å². The van der Waals surface area contributed by atoms with Gasteiger partial charge >= 0.3 is 0 Å². The molecule has 1 aliphatic rings. The lowest BCUT2D eigenvalue weighted by Crippen LogP contribution is -2.37. The standard InChI is InChI=1S/C15H20N6O/c1-19-8-5-9-20(11-10-19)14(22)12-21-17-15(16-18-21)13-6-3-2-4-7-13/h2-4,6-7H,5,8-12H2,1H3. The van der Waals surface area contributed by atoms with Crippen molar-refractivity contribution in [1.82, 2.24) is 30.0 Å². The Morgan fingerprint density at radius 3 is 2.77 bits per heavy atom. The topological polar surface area (TPSA) is 67.2 Å². The maximum absolute atomic E-state index is 12.4. The first kappa shape index (κ1) is 14.6. The Morgan fingerprint density at radius 1 is 1.14 bits per heavy atom. The molecule has 0 spiro atoms. The minimum atomic E-state index is 0.0484. The number of nitrogens with zero attached hydrogens (tertiary/aromatic N) is 6. The maximum atomic E-state index is 12.4. The zero-order valence-electron chi connectivity index (χ0n) is 12.7. The van der Waals surface area contributed by atoms with E-state index in [4.69, 9.17) is 0 Å². The SMILES string of the molecule is CN1CCCN(C(=O)Cn2nnc(-c3ccccc3)n2)CC1. The van der Waals surface area contributed by atoms with Gasteiger partial charge in [-0.05, 0) is 25.2 Å². The van der Waals surface area contributed by atoms with Crippen molar-refractivity contribution in [2.45, 2.75) is 13.0 Å². The van der Waals surface area contributed by atoms with Gasteiger partial charge in [-0.15, -0.1) is 10.2 Å². The van der Waals surface area contributed by atoms with Gasteiger partial charge in [-0.25, -0.2) is 0 Å². The van der Waals surface area contributed by atoms with E-state index < -0.39 is 0 Å². The fourth-order valence-corrected chi connectivity index (χ4v) is 2.53. The van der Waals surface area contributed by atoms with E-state index in [9.17, 15) is 4.79 Å². The van der Waals surface area contributed by atoms with Crippen molar-refractivity contribution in [3.05, 3.63) is 30.3 Å². The first-order valence-electron chi connectivity index (χ1n) is 7.52. The highest BCUT2D eigenvalue weighted by molar-refractivity contribution is 5.75. The number of hydrogen-bond donors (Lipinski definition) is 0. The van der Waals surface area contributed by atoms with Gasteiger partial charge in [-0.2, -0.15) is 4.80 Å². The first-order chi connectivity index (χ1) is 10.7. The van der Waals surface area contributed by atoms with Crippen LogP contribution in [0, 0.1) is 0 Å². The molecule has 1 aromatic heterocycles. The van der Waals surface area contributed by atoms with Crippen LogP contribution < -0.4 is 0 Å². The minimum absolute atomic E-state index is 0.0484. The molecule has 0 N–H and O–H groups in total. The monoisotopic (exact) mass is 300 g/mol. The Kier molecular flexibility index (Phi) is 4.43. The number of tetrazole rings is 1. The molecule has 2 aromatic rings. The van der Waals surface area contributed by atoms with Gasteiger partial charge in [0.15, 0.2) is 0 Å². The molecule has 0 atom stereocenters. The normalized spacial score (nSPS) is 16.5. The smallest absolute Gasteiger partial charge is 0.246 e. The summed E-state index contributed by atoms with van der Waals surface area (Å²) in [5.74, 6) is 0.594. The number of hydrogen-bond acceptors (Lipinski definition) is 5. The molecule has 116 valence electrons. The van der Waals surface area contributed by atoms with Crippen molar-refractivity contribution >= 4 is 5.91 Å². The molecule has 1 aromatic carbocycles. The van der Waals surface area contributed by atoms with Gasteiger partial charge in [0, 0.05) is 25.2 Å². The largest absolute Gasteiger partial charge is 0.340 e. The Balaban J connectivity index is 1.63. The van der Waals surface area contributed by atoms with Gasteiger partial charge in [0.2, 0.25) is 11.7 Å². The van der Waals surface area contributed by atoms with Crippen LogP contribution in [0.4, 0.5) is 0 Å². The number of carbonyl (C=O) groups is 1. The van der Waals surface area contributed by atoms with Gasteiger partial charge < -0.3 is 9.80 Å². The summed E-state index contributed by atoms with van der Waals surface area (Å²) in [6, 6.07) is 9.64. The van der Waals surface area contributed by atoms with E-state index in [1.165, 1.54) is 4.80 Å². The van der Waals surface area contributed by atoms with E-state index in [2.05, 4.69) is 27.4 Å². The minimum Gasteiger partial charge on any atom is -0.340 e. The van der Waals surface area contributed by atoms with Crippen molar-refractivity contribution in [2.75, 3.05) is 33.2 Å². The number of amides is 1. The molecule has 3 rings (SSSR count). The second kappa shape index (κ2) is 6.65. The van der Waals surface area contributed by atoms with E-state index >= 15 is 0 Å². The van der Waals surface area contributed by atoms with Crippen molar-refractivity contribution in [1.29, 1.82) is 0 Å². The summed E-state index contributed by atoms with van der Waals surface area (Å²) in [6.45, 7) is 3.64. The van der Waals surface area contributed by atoms with Gasteiger partial charge in [-0.1, -0.05) is 30.3 Å². The van der Waals surface area contributed by atoms with E-state index in [-0.39, 0.29) is 12.5 Å². The molecule has 1 aliphatic heterocycles. The molecule has 1 saturated heterocycles. The number of likely N-dealkylation sites (N-methyl/N-ethyl adjacent to an activating group) is 1. The lowest BCUT2D eigenvalue weighted by atomic mass is 10.2. The summed E-state index contributed by atoms with van der Waals surface area (Å²) in [5.41, 5.74) is 0.901. The molecule has 0 aliphatic carbocycles. The van der Waals surface area contributed by atoms with Gasteiger partial charge in [0.25, 0.3) is 0 Å². The lowest BCUT2D eigenvalue weighted by Gasteiger charge is -2.19. The van der Waals surface area contributed by atoms with Crippen molar-refractivity contribution in [3.63, 3.8) is 0 Å². The summed E-state index contributed by atoms with van der Waals surface area (Å²) in [6.07, 6.45) is 1.00. The molecule has 1 amide bonds. The fourth-order valence-electron chi connectivity index (χ4n) is 2.53. The second-order valence-corrected chi connectivity index (χ2v) is 5.55. The molecule has 0 bridgehead atoms. The summed E-state index contributed by atoms with van der Waals surface area (Å²) in [7, 11) is 2.08. The molecule has 0 saturated carbocycles. The fraction of sp³-hybridized carbons (Fsp3) is 0.467. The molecule has 7 heteroatoms. The molecule has 22 heavy (non-hydrogen) atoms. The van der Waals surface area contributed by atoms with Crippen LogP contribution in [0.5, 0.6) is 0 Å². The van der Waals surface area contributed by atoms with Gasteiger partial charge in [0.05, 0.1) is 0 Å². The molecule has 0 radical (unpaired) electrons. The predicted octanol–water partition coefficient (Wildman–Crippen LogP) is 0.504. The average Bonchev–Trinajstić information content (AvgIpc) is 2.88. The number of benzene rings is 1. The highest BCUT2D eigenvalue weighted by Gasteiger charge is 2.18. The Hall–Kier alpha value is -2.28. The van der Waals surface area contributed by atoms with Crippen LogP contribution in [-0.2, 0) is 11.3 Å². The predicted molar refractivity (Wildman–Crippen MR) is 81.9 cm³/mol. The second-order valence-electron chi connectivity index (χ2n) is 5.55. The molecule has 1 fully saturated rings. The quantitative estimate of drug-likeness (QED) is 0.826. The van der Waals surface area contributed by atoms with Crippen LogP contribution in [0.25, 0.3) is 11.4 Å². The van der Waals surface area contributed by atoms with Crippen LogP contribution in [-0.4, -0.2) is 69.1 Å². The molecular formula is C15H20N6O. The maximum Gasteiger partial charge on any atom is 0.246 e. The third kappa shape index (κ3) is 3.48. The zero-order valence-corrected chi connectivity index (χ0v) is 12.7. The molecule has 0 unspecified atom stereocenters. The number of rotatable bonds is 3. The average molecular weight is 300 g/mol. The summed E-state index contributed by atoms with van der Waals surface area (Å²) in [4.78, 5) is 17.9. The molecule has 2 heterocycles. The summed E-state index contributed by atoms with van der Waals surface area (Å²) >= 11 is 0. The van der Waals surface area contributed by atoms with Gasteiger partial charge in [0.1, 0.15) is 6.54 Å². The molecule has 7 nitrogen and oxygen atoms in total. The number of aromatic nitrogens is 4. The van der Waals surface area contributed by atoms with Crippen LogP contribution >= 0.6 is 0 Å². The van der Waals surface area contributed by atoms with Crippen LogP contribution in [0.2, 0.25) is 0 Å². The molecular weight excluding hydrogens is 280 g/mol. The Labute approximate surface area is 129 Å². The van der Waals surface area contributed by atoms with E-state index in [0.717, 1.165) is 38.2 Å². The van der Waals surface area contributed by atoms with Crippen LogP contribution in [0.15, 0.2) is 30.3 Å². The summed E-state index contributed by atoms with van der Waals surface area (Å²) < 4.78 is 0. The zero-order chi connectivity index (χ0) is 15.4. The van der Waals surface area contributed by atoms with Crippen LogP contribution in [0.3, 0.4) is 0 Å². The Bertz CT molecular complexity index is 626. The summed E-state index contributed by atoms with van der Waals surface area (Å²) in [5, 5.41) is 12.3. The van der Waals surface area contributed by atoms with Crippen LogP contribution in [0.1, 0.15) is 6.42 Å². The van der Waals surface area contributed by atoms with Crippen molar-refractivity contribution in [3.8, 4) is 11.4 Å². The Morgan fingerprint density at radius 2 is 1.95 bits per heavy atom.